The van der Waals surface area contributed by atoms with Crippen molar-refractivity contribution < 1.29 is 19.6 Å². The number of carboxylic acids is 1. The predicted molar refractivity (Wildman–Crippen MR) is 123 cm³/mol. The standard InChI is InChI=1S/C23H16N4O7/c28-21-18-3-1-2-4-19(18)25-23(31)26(21)24-12-16-11-17(27(32)33)9-10-20(16)34-13-14-5-7-15(8-6-14)22(29)30/h1-12H,13H2,(H,25,31)(H,29,30). The van der Waals surface area contributed by atoms with Gasteiger partial charge in [0, 0.05) is 17.7 Å². The molecular weight excluding hydrogens is 444 g/mol. The van der Waals surface area contributed by atoms with E-state index >= 15 is 0 Å². The number of hydrogen-bond acceptors (Lipinski definition) is 7. The van der Waals surface area contributed by atoms with Gasteiger partial charge in [0.2, 0.25) is 0 Å². The van der Waals surface area contributed by atoms with Crippen LogP contribution in [0, 0.1) is 10.1 Å². The molecule has 1 heterocycles. The second kappa shape index (κ2) is 9.20. The third-order valence-corrected chi connectivity index (χ3v) is 4.90. The van der Waals surface area contributed by atoms with E-state index in [1.54, 1.807) is 30.3 Å². The summed E-state index contributed by atoms with van der Waals surface area (Å²) < 4.78 is 6.36. The Bertz CT molecular complexity index is 1550. The molecule has 0 radical (unpaired) electrons. The van der Waals surface area contributed by atoms with E-state index in [9.17, 15) is 24.5 Å². The second-order valence-corrected chi connectivity index (χ2v) is 7.11. The van der Waals surface area contributed by atoms with E-state index in [2.05, 4.69) is 10.1 Å². The number of benzene rings is 3. The lowest BCUT2D eigenvalue weighted by molar-refractivity contribution is -0.384. The molecule has 0 aliphatic heterocycles. The molecule has 0 amide bonds. The summed E-state index contributed by atoms with van der Waals surface area (Å²) in [6, 6.07) is 16.3. The van der Waals surface area contributed by atoms with Gasteiger partial charge in [-0.25, -0.2) is 9.59 Å². The van der Waals surface area contributed by atoms with E-state index in [-0.39, 0.29) is 34.6 Å². The third kappa shape index (κ3) is 4.58. The molecule has 0 aliphatic carbocycles. The maximum atomic E-state index is 12.7. The van der Waals surface area contributed by atoms with Crippen LogP contribution in [-0.4, -0.2) is 31.9 Å². The fraction of sp³-hybridized carbons (Fsp3) is 0.0435. The molecule has 34 heavy (non-hydrogen) atoms. The van der Waals surface area contributed by atoms with Gasteiger partial charge < -0.3 is 14.8 Å². The summed E-state index contributed by atoms with van der Waals surface area (Å²) in [5, 5.41) is 24.4. The Balaban J connectivity index is 1.67. The van der Waals surface area contributed by atoms with E-state index in [0.717, 1.165) is 6.21 Å². The minimum absolute atomic E-state index is 0.0368. The van der Waals surface area contributed by atoms with Crippen LogP contribution >= 0.6 is 0 Å². The van der Waals surface area contributed by atoms with Crippen LogP contribution in [0.15, 0.2) is 81.4 Å². The zero-order valence-corrected chi connectivity index (χ0v) is 17.4. The molecule has 11 nitrogen and oxygen atoms in total. The van der Waals surface area contributed by atoms with Crippen LogP contribution in [0.1, 0.15) is 21.5 Å². The number of para-hydroxylation sites is 1. The lowest BCUT2D eigenvalue weighted by Gasteiger charge is -2.09. The highest BCUT2D eigenvalue weighted by Crippen LogP contribution is 2.24. The lowest BCUT2D eigenvalue weighted by Crippen LogP contribution is -2.32. The Morgan fingerprint density at radius 2 is 1.85 bits per heavy atom. The number of rotatable bonds is 7. The number of fused-ring (bicyclic) bond motifs is 1. The first kappa shape index (κ1) is 22.1. The average molecular weight is 460 g/mol. The van der Waals surface area contributed by atoms with Gasteiger partial charge in [0.15, 0.2) is 0 Å². The summed E-state index contributed by atoms with van der Waals surface area (Å²) in [7, 11) is 0. The van der Waals surface area contributed by atoms with Crippen LogP contribution in [0.4, 0.5) is 5.69 Å². The number of nitro groups is 1. The minimum Gasteiger partial charge on any atom is -0.488 e. The van der Waals surface area contributed by atoms with Gasteiger partial charge in [0.25, 0.3) is 11.2 Å². The first-order valence-corrected chi connectivity index (χ1v) is 9.85. The molecule has 0 spiro atoms. The summed E-state index contributed by atoms with van der Waals surface area (Å²) in [5.41, 5.74) is -0.354. The number of aromatic amines is 1. The molecule has 0 atom stereocenters. The molecule has 0 saturated carbocycles. The van der Waals surface area contributed by atoms with Gasteiger partial charge >= 0.3 is 11.7 Å². The number of carboxylic acid groups (broad SMARTS) is 1. The van der Waals surface area contributed by atoms with E-state index in [0.29, 0.717) is 15.8 Å². The smallest absolute Gasteiger partial charge is 0.349 e. The van der Waals surface area contributed by atoms with Crippen molar-refractivity contribution in [2.75, 3.05) is 0 Å². The van der Waals surface area contributed by atoms with Crippen molar-refractivity contribution in [3.63, 3.8) is 0 Å². The van der Waals surface area contributed by atoms with E-state index in [1.165, 1.54) is 36.4 Å². The predicted octanol–water partition coefficient (Wildman–Crippen LogP) is 2.76. The maximum Gasteiger partial charge on any atom is 0.349 e. The van der Waals surface area contributed by atoms with Crippen molar-refractivity contribution >= 4 is 28.8 Å². The van der Waals surface area contributed by atoms with Crippen LogP contribution in [0.2, 0.25) is 0 Å². The Morgan fingerprint density at radius 3 is 2.56 bits per heavy atom. The van der Waals surface area contributed by atoms with Gasteiger partial charge in [0.05, 0.1) is 27.6 Å². The van der Waals surface area contributed by atoms with Gasteiger partial charge in [-0.1, -0.05) is 24.3 Å². The molecule has 4 aromatic rings. The van der Waals surface area contributed by atoms with Crippen molar-refractivity contribution in [3.05, 3.63) is 114 Å². The Morgan fingerprint density at radius 1 is 1.12 bits per heavy atom. The molecular formula is C23H16N4O7. The number of hydrogen-bond donors (Lipinski definition) is 2. The monoisotopic (exact) mass is 460 g/mol. The summed E-state index contributed by atoms with van der Waals surface area (Å²) >= 11 is 0. The number of nitrogens with zero attached hydrogens (tertiary/aromatic N) is 3. The van der Waals surface area contributed by atoms with Crippen LogP contribution in [-0.2, 0) is 6.61 Å². The summed E-state index contributed by atoms with van der Waals surface area (Å²) in [6.45, 7) is 0.0368. The zero-order chi connectivity index (χ0) is 24.2. The molecule has 0 bridgehead atoms. The quantitative estimate of drug-likeness (QED) is 0.244. The Kier molecular flexibility index (Phi) is 5.99. The van der Waals surface area contributed by atoms with Gasteiger partial charge in [-0.05, 0) is 35.9 Å². The molecule has 0 unspecified atom stereocenters. The molecule has 3 aromatic carbocycles. The summed E-state index contributed by atoms with van der Waals surface area (Å²) in [6.07, 6.45) is 1.13. The lowest BCUT2D eigenvalue weighted by atomic mass is 10.1. The normalized spacial score (nSPS) is 11.1. The number of nitrogens with one attached hydrogen (secondary N) is 1. The van der Waals surface area contributed by atoms with Crippen molar-refractivity contribution in [3.8, 4) is 5.75 Å². The number of carbonyl (C=O) groups is 1. The SMILES string of the molecule is O=C(O)c1ccc(COc2ccc([N+](=O)[O-])cc2C=Nn2c(=O)[nH]c3ccccc3c2=O)cc1. The molecule has 170 valence electrons. The van der Waals surface area contributed by atoms with Crippen molar-refractivity contribution in [1.82, 2.24) is 9.66 Å². The van der Waals surface area contributed by atoms with Gasteiger partial charge in [-0.15, -0.1) is 4.68 Å². The molecule has 2 N–H and O–H groups in total. The first-order chi connectivity index (χ1) is 16.3. The highest BCUT2D eigenvalue weighted by Gasteiger charge is 2.12. The first-order valence-electron chi connectivity index (χ1n) is 9.85. The molecule has 4 rings (SSSR count). The fourth-order valence-electron chi connectivity index (χ4n) is 3.16. The highest BCUT2D eigenvalue weighted by molar-refractivity contribution is 5.87. The molecule has 0 aliphatic rings. The highest BCUT2D eigenvalue weighted by atomic mass is 16.6. The molecule has 1 aromatic heterocycles. The number of H-pyrrole nitrogens is 1. The number of nitro benzene ring substituents is 1. The number of ether oxygens (including phenoxy) is 1. The maximum absolute atomic E-state index is 12.7. The number of aromatic carboxylic acids is 1. The van der Waals surface area contributed by atoms with E-state index < -0.39 is 22.1 Å². The van der Waals surface area contributed by atoms with Crippen LogP contribution < -0.4 is 16.0 Å². The molecule has 0 fully saturated rings. The largest absolute Gasteiger partial charge is 0.488 e. The zero-order valence-electron chi connectivity index (χ0n) is 17.4. The van der Waals surface area contributed by atoms with E-state index in [1.807, 2.05) is 0 Å². The number of non-ortho nitro benzene ring substituents is 1. The second-order valence-electron chi connectivity index (χ2n) is 7.11. The average Bonchev–Trinajstić information content (AvgIpc) is 2.83. The number of aromatic nitrogens is 2. The van der Waals surface area contributed by atoms with Gasteiger partial charge in [0.1, 0.15) is 12.4 Å². The Labute approximate surface area is 190 Å². The molecule has 11 heteroatoms. The third-order valence-electron chi connectivity index (χ3n) is 4.90. The summed E-state index contributed by atoms with van der Waals surface area (Å²) in [4.78, 5) is 49.2. The van der Waals surface area contributed by atoms with E-state index in [4.69, 9.17) is 9.84 Å². The van der Waals surface area contributed by atoms with Gasteiger partial charge in [-0.2, -0.15) is 5.10 Å². The van der Waals surface area contributed by atoms with Crippen LogP contribution in [0.5, 0.6) is 5.75 Å². The van der Waals surface area contributed by atoms with Crippen molar-refractivity contribution in [2.45, 2.75) is 6.61 Å². The minimum atomic E-state index is -1.06. The van der Waals surface area contributed by atoms with Crippen LogP contribution in [0.3, 0.4) is 0 Å². The Hall–Kier alpha value is -5.06. The van der Waals surface area contributed by atoms with Crippen LogP contribution in [0.25, 0.3) is 10.9 Å². The summed E-state index contributed by atoms with van der Waals surface area (Å²) in [5.74, 6) is -0.845. The van der Waals surface area contributed by atoms with Crippen molar-refractivity contribution in [2.24, 2.45) is 5.10 Å². The topological polar surface area (TPSA) is 157 Å². The molecule has 0 saturated heterocycles. The van der Waals surface area contributed by atoms with Gasteiger partial charge in [-0.3, -0.25) is 14.9 Å². The van der Waals surface area contributed by atoms with Crippen molar-refractivity contribution in [1.29, 1.82) is 0 Å². The fourth-order valence-corrected chi connectivity index (χ4v) is 3.16.